The maximum atomic E-state index is 11.2. The van der Waals surface area contributed by atoms with Gasteiger partial charge in [0, 0.05) is 5.97 Å². The second-order valence-corrected chi connectivity index (χ2v) is 5.19. The van der Waals surface area contributed by atoms with Gasteiger partial charge in [0.25, 0.3) is 0 Å². The molecule has 0 aliphatic heterocycles. The SMILES string of the molecule is CCCC.O=C([O-])CCC(=O)OSc1nc2ccccc2[nH]1. The second-order valence-electron chi connectivity index (χ2n) is 4.47. The molecule has 2 aromatic rings. The highest BCUT2D eigenvalue weighted by Crippen LogP contribution is 2.20. The lowest BCUT2D eigenvalue weighted by atomic mass is 10.3. The predicted octanol–water partition coefficient (Wildman–Crippen LogP) is 2.45. The Kier molecular flexibility index (Phi) is 8.06. The number of nitrogens with one attached hydrogen (secondary N) is 1. The van der Waals surface area contributed by atoms with Crippen molar-refractivity contribution in [2.75, 3.05) is 0 Å². The number of fused-ring (bicyclic) bond motifs is 1. The number of carbonyl (C=O) groups is 2. The molecular weight excluding hydrogens is 304 g/mol. The third kappa shape index (κ3) is 6.62. The van der Waals surface area contributed by atoms with Gasteiger partial charge < -0.3 is 19.1 Å². The molecule has 0 saturated carbocycles. The van der Waals surface area contributed by atoms with E-state index in [9.17, 15) is 14.7 Å². The minimum Gasteiger partial charge on any atom is -0.550 e. The lowest BCUT2D eigenvalue weighted by Crippen LogP contribution is -2.22. The van der Waals surface area contributed by atoms with Gasteiger partial charge >= 0.3 is 5.97 Å². The first-order valence-corrected chi connectivity index (χ1v) is 7.82. The number of H-pyrrole nitrogens is 1. The van der Waals surface area contributed by atoms with Crippen molar-refractivity contribution in [3.8, 4) is 0 Å². The normalized spacial score (nSPS) is 9.91. The van der Waals surface area contributed by atoms with Crippen LogP contribution in [0.1, 0.15) is 39.5 Å². The molecule has 0 unspecified atom stereocenters. The Morgan fingerprint density at radius 2 is 1.91 bits per heavy atom. The van der Waals surface area contributed by atoms with Crippen LogP contribution >= 0.6 is 12.0 Å². The number of carbonyl (C=O) groups excluding carboxylic acids is 2. The molecule has 0 atom stereocenters. The molecule has 0 bridgehead atoms. The van der Waals surface area contributed by atoms with Crippen molar-refractivity contribution >= 4 is 35.0 Å². The van der Waals surface area contributed by atoms with E-state index in [1.807, 2.05) is 24.3 Å². The Morgan fingerprint density at radius 1 is 1.23 bits per heavy atom. The van der Waals surface area contributed by atoms with Crippen LogP contribution in [0.3, 0.4) is 0 Å². The third-order valence-corrected chi connectivity index (χ3v) is 3.23. The van der Waals surface area contributed by atoms with Gasteiger partial charge in [0.2, 0.25) is 5.16 Å². The van der Waals surface area contributed by atoms with E-state index in [2.05, 4.69) is 23.8 Å². The van der Waals surface area contributed by atoms with Crippen molar-refractivity contribution in [3.63, 3.8) is 0 Å². The molecule has 1 N–H and O–H groups in total. The minimum absolute atomic E-state index is 0.213. The van der Waals surface area contributed by atoms with Crippen molar-refractivity contribution in [3.05, 3.63) is 24.3 Å². The van der Waals surface area contributed by atoms with Crippen molar-refractivity contribution in [1.82, 2.24) is 9.97 Å². The summed E-state index contributed by atoms with van der Waals surface area (Å²) in [4.78, 5) is 28.5. The Labute approximate surface area is 133 Å². The quantitative estimate of drug-likeness (QED) is 0.820. The molecule has 6 nitrogen and oxygen atoms in total. The van der Waals surface area contributed by atoms with Crippen molar-refractivity contribution < 1.29 is 18.9 Å². The van der Waals surface area contributed by atoms with Gasteiger partial charge in [-0.1, -0.05) is 38.8 Å². The Balaban J connectivity index is 0.000000541. The molecule has 0 saturated heterocycles. The first kappa shape index (κ1) is 18.0. The van der Waals surface area contributed by atoms with Crippen LogP contribution in [0.4, 0.5) is 0 Å². The number of para-hydroxylation sites is 2. The minimum atomic E-state index is -1.28. The van der Waals surface area contributed by atoms with E-state index in [0.717, 1.165) is 23.1 Å². The number of benzene rings is 1. The van der Waals surface area contributed by atoms with Gasteiger partial charge in [0.15, 0.2) is 0 Å². The monoisotopic (exact) mass is 323 g/mol. The molecule has 0 spiro atoms. The van der Waals surface area contributed by atoms with Crippen molar-refractivity contribution in [2.24, 2.45) is 0 Å². The largest absolute Gasteiger partial charge is 0.550 e. The highest BCUT2D eigenvalue weighted by atomic mass is 32.2. The number of nitrogens with zero attached hydrogens (tertiary/aromatic N) is 1. The first-order valence-electron chi connectivity index (χ1n) is 7.08. The number of hydrogen-bond donors (Lipinski definition) is 1. The highest BCUT2D eigenvalue weighted by Gasteiger charge is 2.08. The van der Waals surface area contributed by atoms with Gasteiger partial charge in [-0.2, -0.15) is 0 Å². The molecule has 0 fully saturated rings. The summed E-state index contributed by atoms with van der Waals surface area (Å²) in [6, 6.07) is 7.39. The lowest BCUT2D eigenvalue weighted by Gasteiger charge is -2.01. The van der Waals surface area contributed by atoms with Gasteiger partial charge in [0.1, 0.15) is 12.0 Å². The topological polar surface area (TPSA) is 95.1 Å². The van der Waals surface area contributed by atoms with E-state index in [4.69, 9.17) is 4.18 Å². The van der Waals surface area contributed by atoms with Crippen LogP contribution in [0.2, 0.25) is 0 Å². The van der Waals surface area contributed by atoms with E-state index >= 15 is 0 Å². The van der Waals surface area contributed by atoms with E-state index < -0.39 is 11.9 Å². The predicted molar refractivity (Wildman–Crippen MR) is 82.9 cm³/mol. The fourth-order valence-corrected chi connectivity index (χ4v) is 1.84. The van der Waals surface area contributed by atoms with Crippen LogP contribution in [0.25, 0.3) is 11.0 Å². The summed E-state index contributed by atoms with van der Waals surface area (Å²) in [5, 5.41) is 10.6. The zero-order valence-corrected chi connectivity index (χ0v) is 13.4. The van der Waals surface area contributed by atoms with Gasteiger partial charge in [-0.3, -0.25) is 4.79 Å². The summed E-state index contributed by atoms with van der Waals surface area (Å²) >= 11 is 0.776. The fraction of sp³-hybridized carbons (Fsp3) is 0.400. The summed E-state index contributed by atoms with van der Waals surface area (Å²) in [5.74, 6) is -1.90. The molecule has 2 rings (SSSR count). The molecule has 7 heteroatoms. The first-order chi connectivity index (χ1) is 10.6. The van der Waals surface area contributed by atoms with Crippen LogP contribution in [-0.2, 0) is 13.8 Å². The lowest BCUT2D eigenvalue weighted by molar-refractivity contribution is -0.305. The van der Waals surface area contributed by atoms with Crippen LogP contribution in [-0.4, -0.2) is 21.9 Å². The second kappa shape index (κ2) is 9.83. The number of aromatic amines is 1. The van der Waals surface area contributed by atoms with Gasteiger partial charge in [-0.25, -0.2) is 4.98 Å². The Morgan fingerprint density at radius 3 is 2.50 bits per heavy atom. The average Bonchev–Trinajstić information content (AvgIpc) is 2.94. The fourth-order valence-electron chi connectivity index (χ4n) is 1.30. The molecule has 0 radical (unpaired) electrons. The van der Waals surface area contributed by atoms with Gasteiger partial charge in [-0.05, 0) is 18.6 Å². The number of aliphatic carboxylic acids is 1. The van der Waals surface area contributed by atoms with E-state index in [-0.39, 0.29) is 12.8 Å². The Hall–Kier alpha value is -2.02. The third-order valence-electron chi connectivity index (χ3n) is 2.61. The van der Waals surface area contributed by atoms with Crippen molar-refractivity contribution in [2.45, 2.75) is 44.7 Å². The Bertz CT molecular complexity index is 577. The summed E-state index contributed by atoms with van der Waals surface area (Å²) < 4.78 is 4.80. The molecule has 0 aliphatic carbocycles. The number of carboxylic acids is 1. The van der Waals surface area contributed by atoms with Gasteiger partial charge in [-0.15, -0.1) is 0 Å². The standard InChI is InChI=1S/C11H10N2O4S.C4H10/c14-9(15)5-6-10(16)17-18-11-12-7-3-1-2-4-8(7)13-11;1-3-4-2/h1-4H,5-6H2,(H,12,13)(H,14,15);3-4H2,1-2H3/p-1. The van der Waals surface area contributed by atoms with Gasteiger partial charge in [0.05, 0.1) is 17.5 Å². The number of aromatic nitrogens is 2. The number of unbranched alkanes of at least 4 members (excludes halogenated alkanes) is 1. The molecule has 1 aromatic carbocycles. The average molecular weight is 323 g/mol. The summed E-state index contributed by atoms with van der Waals surface area (Å²) in [6.45, 7) is 4.36. The molecule has 0 aliphatic rings. The molecule has 1 heterocycles. The molecule has 0 amide bonds. The van der Waals surface area contributed by atoms with E-state index in [0.29, 0.717) is 5.16 Å². The number of rotatable bonds is 6. The number of carboxylic acid groups (broad SMARTS) is 1. The maximum Gasteiger partial charge on any atom is 0.318 e. The van der Waals surface area contributed by atoms with E-state index in [1.165, 1.54) is 12.8 Å². The number of imidazole rings is 1. The van der Waals surface area contributed by atoms with Crippen LogP contribution in [0.15, 0.2) is 29.4 Å². The molecular formula is C15H19N2O4S-. The van der Waals surface area contributed by atoms with Crippen LogP contribution in [0.5, 0.6) is 0 Å². The molecule has 22 heavy (non-hydrogen) atoms. The number of hydrogen-bond acceptors (Lipinski definition) is 6. The highest BCUT2D eigenvalue weighted by molar-refractivity contribution is 7.94. The molecule has 120 valence electrons. The van der Waals surface area contributed by atoms with Crippen LogP contribution < -0.4 is 5.11 Å². The van der Waals surface area contributed by atoms with E-state index in [1.54, 1.807) is 0 Å². The summed E-state index contributed by atoms with van der Waals surface area (Å²) in [7, 11) is 0. The molecule has 1 aromatic heterocycles. The zero-order chi connectivity index (χ0) is 16.4. The maximum absolute atomic E-state index is 11.2. The smallest absolute Gasteiger partial charge is 0.318 e. The zero-order valence-electron chi connectivity index (χ0n) is 12.6. The summed E-state index contributed by atoms with van der Waals surface area (Å²) in [6.07, 6.45) is 2.08. The van der Waals surface area contributed by atoms with Crippen molar-refractivity contribution in [1.29, 1.82) is 0 Å². The summed E-state index contributed by atoms with van der Waals surface area (Å²) in [5.41, 5.74) is 1.61. The van der Waals surface area contributed by atoms with Crippen LogP contribution in [0, 0.1) is 0 Å².